The fourth-order valence-electron chi connectivity index (χ4n) is 1.44. The molecule has 0 heterocycles. The van der Waals surface area contributed by atoms with Crippen molar-refractivity contribution in [2.45, 2.75) is 46.8 Å². The molecule has 0 spiro atoms. The number of ether oxygens (including phenoxy) is 1. The first kappa shape index (κ1) is 15.9. The monoisotopic (exact) mass is 244 g/mol. The third kappa shape index (κ3) is 6.26. The molecule has 0 aliphatic carbocycles. The van der Waals surface area contributed by atoms with Gasteiger partial charge in [0, 0.05) is 13.1 Å². The van der Waals surface area contributed by atoms with E-state index in [4.69, 9.17) is 4.74 Å². The topological polar surface area (TPSA) is 58.6 Å². The molecule has 0 saturated carbocycles. The van der Waals surface area contributed by atoms with Crippen LogP contribution in [-0.4, -0.2) is 48.6 Å². The number of rotatable bonds is 7. The fraction of sp³-hybridized carbons (Fsp3) is 0.833. The maximum atomic E-state index is 11.9. The van der Waals surface area contributed by atoms with Crippen LogP contribution in [0.2, 0.25) is 0 Å². The van der Waals surface area contributed by atoms with Crippen LogP contribution in [0, 0.1) is 0 Å². The molecule has 17 heavy (non-hydrogen) atoms. The van der Waals surface area contributed by atoms with Crippen LogP contribution in [-0.2, 0) is 14.3 Å². The molecular formula is C12H24N2O3. The molecule has 100 valence electrons. The zero-order chi connectivity index (χ0) is 13.4. The predicted molar refractivity (Wildman–Crippen MR) is 66.6 cm³/mol. The molecule has 0 radical (unpaired) electrons. The molecule has 0 saturated heterocycles. The number of hydrogen-bond donors (Lipinski definition) is 1. The Morgan fingerprint density at radius 2 is 1.71 bits per heavy atom. The van der Waals surface area contributed by atoms with Gasteiger partial charge in [-0.25, -0.2) is 0 Å². The minimum absolute atomic E-state index is 0.00680. The third-order valence-corrected chi connectivity index (χ3v) is 2.37. The zero-order valence-electron chi connectivity index (χ0n) is 11.4. The molecule has 0 rings (SSSR count). The Labute approximate surface area is 103 Å². The first-order valence-electron chi connectivity index (χ1n) is 6.13. The summed E-state index contributed by atoms with van der Waals surface area (Å²) in [4.78, 5) is 24.9. The summed E-state index contributed by atoms with van der Waals surface area (Å²) in [5, 5.41) is 2.87. The fourth-order valence-corrected chi connectivity index (χ4v) is 1.44. The Morgan fingerprint density at radius 1 is 1.18 bits per heavy atom. The summed E-state index contributed by atoms with van der Waals surface area (Å²) >= 11 is 0. The van der Waals surface area contributed by atoms with Gasteiger partial charge in [-0.15, -0.1) is 0 Å². The van der Waals surface area contributed by atoms with Gasteiger partial charge in [-0.05, 0) is 34.6 Å². The highest BCUT2D eigenvalue weighted by Crippen LogP contribution is 1.95. The minimum Gasteiger partial charge on any atom is -0.462 e. The molecule has 1 unspecified atom stereocenters. The maximum absolute atomic E-state index is 11.9. The van der Waals surface area contributed by atoms with E-state index < -0.39 is 0 Å². The van der Waals surface area contributed by atoms with Crippen molar-refractivity contribution in [3.63, 3.8) is 0 Å². The van der Waals surface area contributed by atoms with Crippen LogP contribution < -0.4 is 5.32 Å². The molecule has 0 aromatic heterocycles. The SMILES string of the molecule is CCN(CC)C(=O)C(C)NCC(=O)OC(C)C. The van der Waals surface area contributed by atoms with Crippen LogP contribution in [0.1, 0.15) is 34.6 Å². The van der Waals surface area contributed by atoms with Gasteiger partial charge in [0.25, 0.3) is 0 Å². The molecule has 0 fully saturated rings. The number of likely N-dealkylation sites (N-methyl/N-ethyl adjacent to an activating group) is 1. The zero-order valence-corrected chi connectivity index (χ0v) is 11.4. The quantitative estimate of drug-likeness (QED) is 0.673. The van der Waals surface area contributed by atoms with Crippen molar-refractivity contribution in [3.8, 4) is 0 Å². The molecule has 0 aliphatic rings. The maximum Gasteiger partial charge on any atom is 0.320 e. The van der Waals surface area contributed by atoms with E-state index in [9.17, 15) is 9.59 Å². The van der Waals surface area contributed by atoms with E-state index in [0.717, 1.165) is 0 Å². The van der Waals surface area contributed by atoms with Crippen LogP contribution in [0.15, 0.2) is 0 Å². The summed E-state index contributed by atoms with van der Waals surface area (Å²) < 4.78 is 4.97. The highest BCUT2D eigenvalue weighted by atomic mass is 16.5. The molecule has 5 heteroatoms. The second kappa shape index (κ2) is 8.06. The number of carbonyl (C=O) groups is 2. The highest BCUT2D eigenvalue weighted by Gasteiger charge is 2.18. The molecule has 1 N–H and O–H groups in total. The van der Waals surface area contributed by atoms with E-state index >= 15 is 0 Å². The van der Waals surface area contributed by atoms with Crippen LogP contribution in [0.3, 0.4) is 0 Å². The molecular weight excluding hydrogens is 220 g/mol. The molecule has 0 bridgehead atoms. The number of nitrogens with one attached hydrogen (secondary N) is 1. The normalized spacial score (nSPS) is 12.4. The van der Waals surface area contributed by atoms with Gasteiger partial charge in [0.1, 0.15) is 0 Å². The Bertz CT molecular complexity index is 250. The number of amides is 1. The molecule has 5 nitrogen and oxygen atoms in total. The standard InChI is InChI=1S/C12H24N2O3/c1-6-14(7-2)12(16)10(5)13-8-11(15)17-9(3)4/h9-10,13H,6-8H2,1-5H3. The number of hydrogen-bond acceptors (Lipinski definition) is 4. The van der Waals surface area contributed by atoms with Crippen LogP contribution >= 0.6 is 0 Å². The lowest BCUT2D eigenvalue weighted by atomic mass is 10.3. The van der Waals surface area contributed by atoms with Gasteiger partial charge in [-0.1, -0.05) is 0 Å². The van der Waals surface area contributed by atoms with Crippen molar-refractivity contribution < 1.29 is 14.3 Å². The number of carbonyl (C=O) groups excluding carboxylic acids is 2. The van der Waals surface area contributed by atoms with Crippen molar-refractivity contribution >= 4 is 11.9 Å². The van der Waals surface area contributed by atoms with Gasteiger partial charge in [0.15, 0.2) is 0 Å². The summed E-state index contributed by atoms with van der Waals surface area (Å²) in [7, 11) is 0. The largest absolute Gasteiger partial charge is 0.462 e. The molecule has 1 amide bonds. The molecule has 0 aromatic carbocycles. The van der Waals surface area contributed by atoms with E-state index in [1.54, 1.807) is 25.7 Å². The Balaban J connectivity index is 4.04. The minimum atomic E-state index is -0.366. The highest BCUT2D eigenvalue weighted by molar-refractivity contribution is 5.82. The van der Waals surface area contributed by atoms with Crippen LogP contribution in [0.4, 0.5) is 0 Å². The number of esters is 1. The summed E-state index contributed by atoms with van der Waals surface area (Å²) in [5.41, 5.74) is 0. The van der Waals surface area contributed by atoms with Crippen molar-refractivity contribution in [3.05, 3.63) is 0 Å². The lowest BCUT2D eigenvalue weighted by molar-refractivity contribution is -0.146. The van der Waals surface area contributed by atoms with Crippen molar-refractivity contribution in [1.82, 2.24) is 10.2 Å². The van der Waals surface area contributed by atoms with E-state index in [1.807, 2.05) is 13.8 Å². The van der Waals surface area contributed by atoms with Crippen molar-refractivity contribution in [1.29, 1.82) is 0 Å². The lowest BCUT2D eigenvalue weighted by Gasteiger charge is -2.23. The third-order valence-electron chi connectivity index (χ3n) is 2.37. The molecule has 1 atom stereocenters. The molecule has 0 aromatic rings. The van der Waals surface area contributed by atoms with E-state index in [2.05, 4.69) is 5.32 Å². The van der Waals surface area contributed by atoms with Crippen LogP contribution in [0.25, 0.3) is 0 Å². The van der Waals surface area contributed by atoms with Gasteiger partial charge >= 0.3 is 5.97 Å². The van der Waals surface area contributed by atoms with Crippen LogP contribution in [0.5, 0.6) is 0 Å². The van der Waals surface area contributed by atoms with E-state index in [1.165, 1.54) is 0 Å². The second-order valence-corrected chi connectivity index (χ2v) is 4.15. The van der Waals surface area contributed by atoms with E-state index in [-0.39, 0.29) is 30.6 Å². The van der Waals surface area contributed by atoms with Gasteiger partial charge < -0.3 is 9.64 Å². The average molecular weight is 244 g/mol. The second-order valence-electron chi connectivity index (χ2n) is 4.15. The van der Waals surface area contributed by atoms with Gasteiger partial charge in [0.05, 0.1) is 18.7 Å². The molecule has 0 aliphatic heterocycles. The summed E-state index contributed by atoms with van der Waals surface area (Å²) in [6.07, 6.45) is -0.127. The number of nitrogens with zero attached hydrogens (tertiary/aromatic N) is 1. The Hall–Kier alpha value is -1.10. The van der Waals surface area contributed by atoms with Crippen molar-refractivity contribution in [2.24, 2.45) is 0 Å². The average Bonchev–Trinajstić information content (AvgIpc) is 2.26. The van der Waals surface area contributed by atoms with Gasteiger partial charge in [0.2, 0.25) is 5.91 Å². The summed E-state index contributed by atoms with van der Waals surface area (Å²) in [6.45, 7) is 10.6. The van der Waals surface area contributed by atoms with Crippen molar-refractivity contribution in [2.75, 3.05) is 19.6 Å². The first-order valence-corrected chi connectivity index (χ1v) is 6.13. The first-order chi connectivity index (χ1) is 7.92. The smallest absolute Gasteiger partial charge is 0.320 e. The van der Waals surface area contributed by atoms with Gasteiger partial charge in [-0.2, -0.15) is 0 Å². The summed E-state index contributed by atoms with van der Waals surface area (Å²) in [6, 6.07) is -0.366. The van der Waals surface area contributed by atoms with E-state index in [0.29, 0.717) is 13.1 Å². The van der Waals surface area contributed by atoms with Gasteiger partial charge in [-0.3, -0.25) is 14.9 Å². The predicted octanol–water partition coefficient (Wildman–Crippen LogP) is 0.785. The lowest BCUT2D eigenvalue weighted by Crippen LogP contribution is -2.46. The Morgan fingerprint density at radius 3 is 2.12 bits per heavy atom. The Kier molecular flexibility index (Phi) is 7.54. The summed E-state index contributed by atoms with van der Waals surface area (Å²) in [5.74, 6) is -0.327.